The van der Waals surface area contributed by atoms with E-state index < -0.39 is 17.7 Å². The van der Waals surface area contributed by atoms with Gasteiger partial charge in [-0.1, -0.05) is 42.5 Å². The maximum Gasteiger partial charge on any atom is 0.416 e. The van der Waals surface area contributed by atoms with E-state index in [-0.39, 0.29) is 6.61 Å². The quantitative estimate of drug-likeness (QED) is 0.603. The number of hydrogen-bond acceptors (Lipinski definition) is 2. The number of halogens is 3. The fraction of sp³-hybridized carbons (Fsp3) is 0.167. The first-order chi connectivity index (χ1) is 10.9. The number of esters is 1. The Morgan fingerprint density at radius 2 is 1.57 bits per heavy atom. The first-order valence-electron chi connectivity index (χ1n) is 7.03. The maximum atomic E-state index is 12.7. The van der Waals surface area contributed by atoms with Gasteiger partial charge in [0.25, 0.3) is 0 Å². The minimum Gasteiger partial charge on any atom is -0.463 e. The molecule has 0 saturated heterocycles. The lowest BCUT2D eigenvalue weighted by molar-refractivity contribution is -0.138. The van der Waals surface area contributed by atoms with Crippen molar-refractivity contribution in [1.29, 1.82) is 0 Å². The van der Waals surface area contributed by atoms with Crippen LogP contribution in [0.1, 0.15) is 23.6 Å². The Kier molecular flexibility index (Phi) is 5.21. The highest BCUT2D eigenvalue weighted by Crippen LogP contribution is 2.31. The van der Waals surface area contributed by atoms with Crippen LogP contribution in [0.5, 0.6) is 0 Å². The van der Waals surface area contributed by atoms with Gasteiger partial charge in [0.05, 0.1) is 12.2 Å². The van der Waals surface area contributed by atoms with Crippen LogP contribution in [0.3, 0.4) is 0 Å². The molecule has 23 heavy (non-hydrogen) atoms. The average Bonchev–Trinajstić information content (AvgIpc) is 2.53. The van der Waals surface area contributed by atoms with Gasteiger partial charge in [0.15, 0.2) is 0 Å². The molecule has 0 aromatic heterocycles. The normalized spacial score (nSPS) is 12.1. The summed E-state index contributed by atoms with van der Waals surface area (Å²) in [4.78, 5) is 11.7. The third kappa shape index (κ3) is 4.45. The number of carbonyl (C=O) groups excluding carboxylic acids is 1. The van der Waals surface area contributed by atoms with Crippen molar-refractivity contribution in [3.63, 3.8) is 0 Å². The van der Waals surface area contributed by atoms with E-state index in [0.717, 1.165) is 17.7 Å². The van der Waals surface area contributed by atoms with E-state index in [1.165, 1.54) is 18.2 Å². The third-order valence-electron chi connectivity index (χ3n) is 3.16. The van der Waals surface area contributed by atoms with Crippen molar-refractivity contribution in [3.8, 4) is 0 Å². The zero-order valence-electron chi connectivity index (χ0n) is 12.4. The molecule has 0 unspecified atom stereocenters. The molecular formula is C18H15F3O2. The van der Waals surface area contributed by atoms with E-state index in [0.29, 0.717) is 11.1 Å². The predicted octanol–water partition coefficient (Wildman–Crippen LogP) is 4.70. The smallest absolute Gasteiger partial charge is 0.416 e. The lowest BCUT2D eigenvalue weighted by atomic mass is 9.96. The molecular weight excluding hydrogens is 305 g/mol. The zero-order chi connectivity index (χ0) is 16.9. The monoisotopic (exact) mass is 320 g/mol. The van der Waals surface area contributed by atoms with Crippen LogP contribution in [0.2, 0.25) is 0 Å². The number of carbonyl (C=O) groups is 1. The summed E-state index contributed by atoms with van der Waals surface area (Å²) in [6.07, 6.45) is -3.10. The third-order valence-corrected chi connectivity index (χ3v) is 3.16. The van der Waals surface area contributed by atoms with E-state index in [2.05, 4.69) is 0 Å². The van der Waals surface area contributed by atoms with Gasteiger partial charge in [0, 0.05) is 6.08 Å². The molecule has 2 nitrogen and oxygen atoms in total. The van der Waals surface area contributed by atoms with Crippen LogP contribution in [0.15, 0.2) is 60.7 Å². The molecule has 5 heteroatoms. The molecule has 0 N–H and O–H groups in total. The summed E-state index contributed by atoms with van der Waals surface area (Å²) >= 11 is 0. The second-order valence-corrected chi connectivity index (χ2v) is 4.75. The van der Waals surface area contributed by atoms with Gasteiger partial charge >= 0.3 is 12.1 Å². The standard InChI is InChI=1S/C18H15F3O2/c1-2-23-17(22)12-16(13-6-4-3-5-7-13)14-8-10-15(11-9-14)18(19,20)21/h3-12H,2H2,1H3. The highest BCUT2D eigenvalue weighted by Gasteiger charge is 2.30. The number of ether oxygens (including phenoxy) is 1. The van der Waals surface area contributed by atoms with Gasteiger partial charge < -0.3 is 4.74 Å². The maximum absolute atomic E-state index is 12.7. The van der Waals surface area contributed by atoms with E-state index in [1.54, 1.807) is 31.2 Å². The largest absolute Gasteiger partial charge is 0.463 e. The first kappa shape index (κ1) is 16.8. The molecule has 0 aliphatic rings. The molecule has 2 aromatic rings. The fourth-order valence-electron chi connectivity index (χ4n) is 2.09. The highest BCUT2D eigenvalue weighted by molar-refractivity contribution is 5.96. The Bertz CT molecular complexity index is 686. The van der Waals surface area contributed by atoms with Crippen molar-refractivity contribution in [2.45, 2.75) is 13.1 Å². The second kappa shape index (κ2) is 7.13. The molecule has 0 fully saturated rings. The van der Waals surface area contributed by atoms with Gasteiger partial charge in [-0.3, -0.25) is 0 Å². The first-order valence-corrected chi connectivity index (χ1v) is 7.03. The second-order valence-electron chi connectivity index (χ2n) is 4.75. The van der Waals surface area contributed by atoms with Crippen molar-refractivity contribution in [2.75, 3.05) is 6.61 Å². The minimum absolute atomic E-state index is 0.227. The molecule has 2 rings (SSSR count). The highest BCUT2D eigenvalue weighted by atomic mass is 19.4. The molecule has 0 bridgehead atoms. The molecule has 0 amide bonds. The van der Waals surface area contributed by atoms with E-state index in [1.807, 2.05) is 6.07 Å². The fourth-order valence-corrected chi connectivity index (χ4v) is 2.09. The van der Waals surface area contributed by atoms with Crippen LogP contribution >= 0.6 is 0 Å². The molecule has 0 atom stereocenters. The van der Waals surface area contributed by atoms with Crippen molar-refractivity contribution >= 4 is 11.5 Å². The van der Waals surface area contributed by atoms with E-state index in [4.69, 9.17) is 4.74 Å². The van der Waals surface area contributed by atoms with Crippen molar-refractivity contribution in [2.24, 2.45) is 0 Å². The summed E-state index contributed by atoms with van der Waals surface area (Å²) in [5.74, 6) is -0.536. The van der Waals surface area contributed by atoms with Gasteiger partial charge in [-0.2, -0.15) is 13.2 Å². The van der Waals surface area contributed by atoms with Crippen molar-refractivity contribution in [3.05, 3.63) is 77.4 Å². The SMILES string of the molecule is CCOC(=O)C=C(c1ccccc1)c1ccc(C(F)(F)F)cc1. The van der Waals surface area contributed by atoms with Gasteiger partial charge in [-0.25, -0.2) is 4.79 Å². The topological polar surface area (TPSA) is 26.3 Å². The number of rotatable bonds is 4. The predicted molar refractivity (Wildman–Crippen MR) is 81.6 cm³/mol. The zero-order valence-corrected chi connectivity index (χ0v) is 12.4. The summed E-state index contributed by atoms with van der Waals surface area (Å²) in [5, 5.41) is 0. The van der Waals surface area contributed by atoms with Gasteiger partial charge in [-0.05, 0) is 35.8 Å². The summed E-state index contributed by atoms with van der Waals surface area (Å²) in [7, 11) is 0. The van der Waals surface area contributed by atoms with Crippen molar-refractivity contribution < 1.29 is 22.7 Å². The Balaban J connectivity index is 2.44. The molecule has 0 radical (unpaired) electrons. The lowest BCUT2D eigenvalue weighted by Gasteiger charge is -2.11. The van der Waals surface area contributed by atoms with E-state index >= 15 is 0 Å². The molecule has 0 spiro atoms. The molecule has 0 aliphatic carbocycles. The van der Waals surface area contributed by atoms with Crippen LogP contribution in [-0.2, 0) is 15.7 Å². The Labute approximate surface area is 132 Å². The number of benzene rings is 2. The number of hydrogen-bond donors (Lipinski definition) is 0. The van der Waals surface area contributed by atoms with Crippen molar-refractivity contribution in [1.82, 2.24) is 0 Å². The average molecular weight is 320 g/mol. The Hall–Kier alpha value is -2.56. The van der Waals surface area contributed by atoms with Crippen LogP contribution in [0, 0.1) is 0 Å². The van der Waals surface area contributed by atoms with Gasteiger partial charge in [0.1, 0.15) is 0 Å². The molecule has 0 aliphatic heterocycles. The summed E-state index contributed by atoms with van der Waals surface area (Å²) in [6, 6.07) is 13.6. The van der Waals surface area contributed by atoms with Gasteiger partial charge in [-0.15, -0.1) is 0 Å². The minimum atomic E-state index is -4.39. The lowest BCUT2D eigenvalue weighted by Crippen LogP contribution is -2.05. The molecule has 2 aromatic carbocycles. The summed E-state index contributed by atoms with van der Waals surface area (Å²) in [5.41, 5.74) is 1.01. The van der Waals surface area contributed by atoms with Crippen LogP contribution in [0.4, 0.5) is 13.2 Å². The van der Waals surface area contributed by atoms with Crippen LogP contribution in [0.25, 0.3) is 5.57 Å². The number of alkyl halides is 3. The van der Waals surface area contributed by atoms with Gasteiger partial charge in [0.2, 0.25) is 0 Å². The summed E-state index contributed by atoms with van der Waals surface area (Å²) < 4.78 is 42.9. The van der Waals surface area contributed by atoms with E-state index in [9.17, 15) is 18.0 Å². The van der Waals surface area contributed by atoms with Crippen LogP contribution in [-0.4, -0.2) is 12.6 Å². The Morgan fingerprint density at radius 3 is 2.09 bits per heavy atom. The molecule has 120 valence electrons. The molecule has 0 heterocycles. The summed E-state index contributed by atoms with van der Waals surface area (Å²) in [6.45, 7) is 1.91. The Morgan fingerprint density at radius 1 is 1.00 bits per heavy atom. The van der Waals surface area contributed by atoms with Crippen LogP contribution < -0.4 is 0 Å². The molecule has 0 saturated carbocycles.